The van der Waals surface area contributed by atoms with Crippen LogP contribution in [0.25, 0.3) is 0 Å². The number of rotatable bonds is 4. The first kappa shape index (κ1) is 15.9. The van der Waals surface area contributed by atoms with Crippen molar-refractivity contribution in [2.45, 2.75) is 37.9 Å². The van der Waals surface area contributed by atoms with Crippen LogP contribution in [-0.2, 0) is 19.4 Å². The molecule has 1 aliphatic rings. The Kier molecular flexibility index (Phi) is 4.60. The molecule has 2 N–H and O–H groups in total. The van der Waals surface area contributed by atoms with Crippen molar-refractivity contribution in [3.8, 4) is 0 Å². The Morgan fingerprint density at radius 3 is 2.32 bits per heavy atom. The summed E-state index contributed by atoms with van der Waals surface area (Å²) in [5.74, 6) is -2.23. The van der Waals surface area contributed by atoms with E-state index < -0.39 is 38.3 Å². The highest BCUT2D eigenvalue weighted by molar-refractivity contribution is 7.91. The summed E-state index contributed by atoms with van der Waals surface area (Å²) in [7, 11) is -1.81. The summed E-state index contributed by atoms with van der Waals surface area (Å²) < 4.78 is 23.2. The first-order chi connectivity index (χ1) is 8.64. The molecule has 0 spiro atoms. The summed E-state index contributed by atoms with van der Waals surface area (Å²) >= 11 is 0. The molecule has 6 nitrogen and oxygen atoms in total. The SMILES string of the molecule is CNC(=O)C(C)(C(=O)O)C1CCCC(S(C)(=O)=O)C1. The van der Waals surface area contributed by atoms with Crippen LogP contribution >= 0.6 is 0 Å². The van der Waals surface area contributed by atoms with E-state index in [1.807, 2.05) is 0 Å². The standard InChI is InChI=1S/C12H21NO5S/c1-12(11(15)16,10(14)13-2)8-5-4-6-9(7-8)19(3,17)18/h8-9H,4-7H2,1-3H3,(H,13,14)(H,15,16). The second-order valence-electron chi connectivity index (χ2n) is 5.40. The first-order valence-electron chi connectivity index (χ1n) is 6.28. The quantitative estimate of drug-likeness (QED) is 0.731. The fraction of sp³-hybridized carbons (Fsp3) is 0.833. The van der Waals surface area contributed by atoms with Crippen molar-refractivity contribution in [3.05, 3.63) is 0 Å². The molecule has 0 bridgehead atoms. The predicted molar refractivity (Wildman–Crippen MR) is 70.4 cm³/mol. The Labute approximate surface area is 113 Å². The van der Waals surface area contributed by atoms with E-state index in [9.17, 15) is 23.1 Å². The third kappa shape index (κ3) is 3.08. The predicted octanol–water partition coefficient (Wildman–Crippen LogP) is 0.427. The van der Waals surface area contributed by atoms with E-state index in [1.165, 1.54) is 14.0 Å². The van der Waals surface area contributed by atoms with Crippen molar-refractivity contribution in [1.82, 2.24) is 5.32 Å². The van der Waals surface area contributed by atoms with Gasteiger partial charge in [-0.05, 0) is 32.1 Å². The Hall–Kier alpha value is -1.11. The topological polar surface area (TPSA) is 101 Å². The van der Waals surface area contributed by atoms with Crippen LogP contribution in [0.1, 0.15) is 32.6 Å². The Balaban J connectivity index is 3.05. The number of amides is 1. The maximum absolute atomic E-state index is 11.9. The molecule has 7 heteroatoms. The van der Waals surface area contributed by atoms with Gasteiger partial charge in [0.25, 0.3) is 0 Å². The van der Waals surface area contributed by atoms with Crippen LogP contribution in [0.3, 0.4) is 0 Å². The van der Waals surface area contributed by atoms with Gasteiger partial charge in [-0.15, -0.1) is 0 Å². The van der Waals surface area contributed by atoms with E-state index in [4.69, 9.17) is 0 Å². The molecule has 1 saturated carbocycles. The maximum atomic E-state index is 11.9. The number of hydrogen-bond donors (Lipinski definition) is 2. The second kappa shape index (κ2) is 5.48. The van der Waals surface area contributed by atoms with Crippen molar-refractivity contribution < 1.29 is 23.1 Å². The van der Waals surface area contributed by atoms with Crippen LogP contribution in [-0.4, -0.2) is 44.0 Å². The van der Waals surface area contributed by atoms with Gasteiger partial charge in [-0.25, -0.2) is 8.42 Å². The summed E-state index contributed by atoms with van der Waals surface area (Å²) in [4.78, 5) is 23.4. The zero-order valence-electron chi connectivity index (χ0n) is 11.5. The van der Waals surface area contributed by atoms with E-state index in [1.54, 1.807) is 0 Å². The number of aliphatic carboxylic acids is 1. The molecular weight excluding hydrogens is 270 g/mol. The molecule has 0 saturated heterocycles. The van der Waals surface area contributed by atoms with Crippen molar-refractivity contribution in [2.75, 3.05) is 13.3 Å². The van der Waals surface area contributed by atoms with Gasteiger partial charge in [-0.2, -0.15) is 0 Å². The monoisotopic (exact) mass is 291 g/mol. The third-order valence-electron chi connectivity index (χ3n) is 4.19. The van der Waals surface area contributed by atoms with Crippen LogP contribution in [0.4, 0.5) is 0 Å². The van der Waals surface area contributed by atoms with Gasteiger partial charge in [-0.3, -0.25) is 9.59 Å². The number of nitrogens with one attached hydrogen (secondary N) is 1. The zero-order valence-corrected chi connectivity index (χ0v) is 12.3. The molecule has 0 aromatic rings. The van der Waals surface area contributed by atoms with Gasteiger partial charge in [-0.1, -0.05) is 6.42 Å². The number of carbonyl (C=O) groups is 2. The van der Waals surface area contributed by atoms with Gasteiger partial charge < -0.3 is 10.4 Å². The molecule has 19 heavy (non-hydrogen) atoms. The minimum absolute atomic E-state index is 0.231. The lowest BCUT2D eigenvalue weighted by Crippen LogP contribution is -2.50. The molecule has 0 radical (unpaired) electrons. The van der Waals surface area contributed by atoms with Gasteiger partial charge in [0.15, 0.2) is 0 Å². The zero-order chi connectivity index (χ0) is 14.8. The van der Waals surface area contributed by atoms with Crippen molar-refractivity contribution in [2.24, 2.45) is 11.3 Å². The summed E-state index contributed by atoms with van der Waals surface area (Å²) in [6.45, 7) is 1.38. The van der Waals surface area contributed by atoms with E-state index in [2.05, 4.69) is 5.32 Å². The fourth-order valence-corrected chi connectivity index (χ4v) is 3.95. The lowest BCUT2D eigenvalue weighted by atomic mass is 9.69. The molecule has 3 atom stereocenters. The molecule has 0 heterocycles. The molecule has 1 fully saturated rings. The second-order valence-corrected chi connectivity index (χ2v) is 7.73. The fourth-order valence-electron chi connectivity index (χ4n) is 2.78. The van der Waals surface area contributed by atoms with Crippen LogP contribution < -0.4 is 5.32 Å². The molecule has 0 aromatic carbocycles. The van der Waals surface area contributed by atoms with Gasteiger partial charge in [0.1, 0.15) is 15.3 Å². The van der Waals surface area contributed by atoms with E-state index in [-0.39, 0.29) is 6.42 Å². The highest BCUT2D eigenvalue weighted by Crippen LogP contribution is 2.40. The van der Waals surface area contributed by atoms with Crippen LogP contribution in [0.2, 0.25) is 0 Å². The molecule has 0 aliphatic heterocycles. The van der Waals surface area contributed by atoms with Gasteiger partial charge in [0, 0.05) is 13.3 Å². The van der Waals surface area contributed by atoms with Gasteiger partial charge in [0.05, 0.1) is 5.25 Å². The lowest BCUT2D eigenvalue weighted by molar-refractivity contribution is -0.159. The van der Waals surface area contributed by atoms with E-state index in [0.717, 1.165) is 6.26 Å². The van der Waals surface area contributed by atoms with E-state index in [0.29, 0.717) is 19.3 Å². The Morgan fingerprint density at radius 1 is 1.32 bits per heavy atom. The summed E-state index contributed by atoms with van der Waals surface area (Å²) in [5, 5.41) is 11.2. The van der Waals surface area contributed by atoms with Crippen molar-refractivity contribution >= 4 is 21.7 Å². The first-order valence-corrected chi connectivity index (χ1v) is 8.24. The summed E-state index contributed by atoms with van der Waals surface area (Å²) in [6.07, 6.45) is 3.12. The Bertz CT molecular complexity index is 473. The average molecular weight is 291 g/mol. The van der Waals surface area contributed by atoms with E-state index >= 15 is 0 Å². The minimum atomic E-state index is -3.20. The van der Waals surface area contributed by atoms with Crippen LogP contribution in [0, 0.1) is 11.3 Å². The number of hydrogen-bond acceptors (Lipinski definition) is 4. The van der Waals surface area contributed by atoms with Crippen LogP contribution in [0.5, 0.6) is 0 Å². The smallest absolute Gasteiger partial charge is 0.319 e. The molecule has 1 rings (SSSR count). The number of carboxylic acid groups (broad SMARTS) is 1. The molecule has 3 unspecified atom stereocenters. The molecule has 110 valence electrons. The maximum Gasteiger partial charge on any atom is 0.319 e. The number of carboxylic acids is 1. The summed E-state index contributed by atoms with van der Waals surface area (Å²) in [5.41, 5.74) is -1.57. The van der Waals surface area contributed by atoms with Crippen molar-refractivity contribution in [3.63, 3.8) is 0 Å². The highest BCUT2D eigenvalue weighted by Gasteiger charge is 2.50. The average Bonchev–Trinajstić information content (AvgIpc) is 2.35. The van der Waals surface area contributed by atoms with Crippen molar-refractivity contribution in [1.29, 1.82) is 0 Å². The van der Waals surface area contributed by atoms with Crippen LogP contribution in [0.15, 0.2) is 0 Å². The third-order valence-corrected chi connectivity index (χ3v) is 5.83. The minimum Gasteiger partial charge on any atom is -0.480 e. The highest BCUT2D eigenvalue weighted by atomic mass is 32.2. The molecule has 0 aromatic heterocycles. The number of sulfone groups is 1. The van der Waals surface area contributed by atoms with Gasteiger partial charge >= 0.3 is 5.97 Å². The lowest BCUT2D eigenvalue weighted by Gasteiger charge is -2.37. The normalized spacial score (nSPS) is 27.3. The molecule has 1 amide bonds. The molecule has 1 aliphatic carbocycles. The molecular formula is C12H21NO5S. The largest absolute Gasteiger partial charge is 0.480 e. The number of carbonyl (C=O) groups excluding carboxylic acids is 1. The van der Waals surface area contributed by atoms with Gasteiger partial charge in [0.2, 0.25) is 5.91 Å². The summed E-state index contributed by atoms with van der Waals surface area (Å²) in [6, 6.07) is 0. The Morgan fingerprint density at radius 2 is 1.89 bits per heavy atom.